The van der Waals surface area contributed by atoms with E-state index in [1.807, 2.05) is 18.2 Å². The maximum absolute atomic E-state index is 12.8. The number of sulfonamides is 1. The second-order valence-electron chi connectivity index (χ2n) is 5.45. The molecule has 0 saturated carbocycles. The summed E-state index contributed by atoms with van der Waals surface area (Å²) < 4.78 is 28.2. The van der Waals surface area contributed by atoms with Gasteiger partial charge in [0.25, 0.3) is 0 Å². The normalized spacial score (nSPS) is 11.6. The van der Waals surface area contributed by atoms with E-state index in [0.29, 0.717) is 11.3 Å². The van der Waals surface area contributed by atoms with Crippen molar-refractivity contribution < 1.29 is 13.2 Å². The zero-order valence-corrected chi connectivity index (χ0v) is 14.7. The Morgan fingerprint density at radius 2 is 1.56 bits per heavy atom. The van der Waals surface area contributed by atoms with Crippen LogP contribution in [0, 0.1) is 0 Å². The van der Waals surface area contributed by atoms with Gasteiger partial charge in [0, 0.05) is 12.6 Å². The van der Waals surface area contributed by atoms with E-state index >= 15 is 0 Å². The van der Waals surface area contributed by atoms with Crippen LogP contribution in [0.1, 0.15) is 12.5 Å². The fourth-order valence-corrected chi connectivity index (χ4v) is 3.72. The largest absolute Gasteiger partial charge is 0.326 e. The fourth-order valence-electron chi connectivity index (χ4n) is 2.38. The van der Waals surface area contributed by atoms with Crippen LogP contribution >= 0.6 is 0 Å². The lowest BCUT2D eigenvalue weighted by Crippen LogP contribution is -2.42. The van der Waals surface area contributed by atoms with E-state index in [1.165, 1.54) is 43.3 Å². The lowest BCUT2D eigenvalue weighted by atomic mass is 9.91. The summed E-state index contributed by atoms with van der Waals surface area (Å²) in [6.07, 6.45) is 3.00. The number of hydrogen-bond acceptors (Lipinski definition) is 3. The van der Waals surface area contributed by atoms with Gasteiger partial charge in [-0.1, -0.05) is 42.5 Å². The third-order valence-electron chi connectivity index (χ3n) is 3.68. The molecule has 0 unspecified atom stereocenters. The first-order chi connectivity index (χ1) is 11.8. The Bertz CT molecular complexity index is 865. The number of nitrogens with one attached hydrogen (secondary N) is 2. The molecule has 2 rings (SSSR count). The van der Waals surface area contributed by atoms with Crippen LogP contribution in [-0.2, 0) is 20.4 Å². The molecule has 2 aromatic rings. The molecule has 25 heavy (non-hydrogen) atoms. The van der Waals surface area contributed by atoms with Crippen LogP contribution in [0.15, 0.2) is 84.8 Å². The van der Waals surface area contributed by atoms with Crippen LogP contribution in [-0.4, -0.2) is 14.3 Å². The van der Waals surface area contributed by atoms with E-state index in [0.717, 1.165) is 0 Å². The molecule has 130 valence electrons. The van der Waals surface area contributed by atoms with E-state index in [9.17, 15) is 13.2 Å². The van der Waals surface area contributed by atoms with E-state index in [4.69, 9.17) is 0 Å². The minimum Gasteiger partial charge on any atom is -0.326 e. The van der Waals surface area contributed by atoms with E-state index in [2.05, 4.69) is 23.2 Å². The van der Waals surface area contributed by atoms with E-state index < -0.39 is 15.6 Å². The van der Waals surface area contributed by atoms with Crippen LogP contribution in [0.5, 0.6) is 0 Å². The van der Waals surface area contributed by atoms with Gasteiger partial charge in [0.1, 0.15) is 0 Å². The van der Waals surface area contributed by atoms with Gasteiger partial charge in [-0.25, -0.2) is 8.42 Å². The Hall–Kier alpha value is -2.70. The van der Waals surface area contributed by atoms with Gasteiger partial charge in [-0.2, -0.15) is 4.72 Å². The first kappa shape index (κ1) is 18.6. The van der Waals surface area contributed by atoms with Crippen LogP contribution in [0.4, 0.5) is 5.69 Å². The molecule has 0 aromatic heterocycles. The summed E-state index contributed by atoms with van der Waals surface area (Å²) in [7, 11) is -3.84. The number of anilines is 1. The highest BCUT2D eigenvalue weighted by atomic mass is 32.2. The van der Waals surface area contributed by atoms with Crippen molar-refractivity contribution >= 4 is 21.6 Å². The lowest BCUT2D eigenvalue weighted by Gasteiger charge is -2.28. The van der Waals surface area contributed by atoms with Crippen molar-refractivity contribution in [3.05, 3.63) is 85.5 Å². The number of amides is 1. The summed E-state index contributed by atoms with van der Waals surface area (Å²) in [6.45, 7) is 8.90. The van der Waals surface area contributed by atoms with Crippen molar-refractivity contribution in [3.63, 3.8) is 0 Å². The predicted molar refractivity (Wildman–Crippen MR) is 99.6 cm³/mol. The third kappa shape index (κ3) is 4.23. The molecule has 6 heteroatoms. The van der Waals surface area contributed by atoms with Gasteiger partial charge in [0.05, 0.1) is 10.4 Å². The van der Waals surface area contributed by atoms with Gasteiger partial charge in [-0.05, 0) is 29.8 Å². The molecule has 2 N–H and O–H groups in total. The van der Waals surface area contributed by atoms with Crippen molar-refractivity contribution in [1.29, 1.82) is 0 Å². The predicted octanol–water partition coefficient (Wildman–Crippen LogP) is 3.19. The molecule has 0 aliphatic rings. The first-order valence-electron chi connectivity index (χ1n) is 7.57. The Balaban J connectivity index is 2.37. The quantitative estimate of drug-likeness (QED) is 0.748. The molecule has 0 saturated heterocycles. The number of rotatable bonds is 7. The van der Waals surface area contributed by atoms with Gasteiger partial charge in [0.15, 0.2) is 0 Å². The maximum Gasteiger partial charge on any atom is 0.241 e. The number of carbonyl (C=O) groups is 1. The van der Waals surface area contributed by atoms with Crippen LogP contribution < -0.4 is 10.0 Å². The van der Waals surface area contributed by atoms with Gasteiger partial charge in [0.2, 0.25) is 15.9 Å². The zero-order chi connectivity index (χ0) is 18.5. The second-order valence-corrected chi connectivity index (χ2v) is 7.14. The van der Waals surface area contributed by atoms with Gasteiger partial charge >= 0.3 is 0 Å². The zero-order valence-electron chi connectivity index (χ0n) is 13.9. The Morgan fingerprint density at radius 3 is 2.04 bits per heavy atom. The maximum atomic E-state index is 12.8. The van der Waals surface area contributed by atoms with Crippen LogP contribution in [0.25, 0.3) is 0 Å². The molecule has 0 aliphatic heterocycles. The van der Waals surface area contributed by atoms with Crippen LogP contribution in [0.3, 0.4) is 0 Å². The minimum atomic E-state index is -3.84. The summed E-state index contributed by atoms with van der Waals surface area (Å²) in [4.78, 5) is 11.1. The Morgan fingerprint density at radius 1 is 1.00 bits per heavy atom. The molecule has 0 spiro atoms. The minimum absolute atomic E-state index is 0.0746. The summed E-state index contributed by atoms with van der Waals surface area (Å²) in [5.41, 5.74) is 0.0998. The summed E-state index contributed by atoms with van der Waals surface area (Å²) in [6, 6.07) is 15.0. The summed E-state index contributed by atoms with van der Waals surface area (Å²) in [5, 5.41) is 2.59. The summed E-state index contributed by atoms with van der Waals surface area (Å²) >= 11 is 0. The molecule has 0 fully saturated rings. The molecule has 0 heterocycles. The highest BCUT2D eigenvalue weighted by Crippen LogP contribution is 2.27. The lowest BCUT2D eigenvalue weighted by molar-refractivity contribution is -0.114. The third-order valence-corrected chi connectivity index (χ3v) is 5.18. The fraction of sp³-hybridized carbons (Fsp3) is 0.105. The molecule has 1 amide bonds. The van der Waals surface area contributed by atoms with Crippen molar-refractivity contribution in [3.8, 4) is 0 Å². The average molecular weight is 356 g/mol. The molecule has 0 aliphatic carbocycles. The Kier molecular flexibility index (Phi) is 5.56. The molecule has 0 bridgehead atoms. The highest BCUT2D eigenvalue weighted by Gasteiger charge is 2.31. The standard InChI is InChI=1S/C19H20N2O3S/c1-4-19(5-2,16-9-7-6-8-10-16)21-25(23,24)18-13-11-17(12-14-18)20-15(3)22/h4-14,21H,1-2H2,3H3,(H,20,22). The molecule has 0 atom stereocenters. The van der Waals surface area contributed by atoms with Gasteiger partial charge < -0.3 is 5.32 Å². The topological polar surface area (TPSA) is 75.3 Å². The molecule has 5 nitrogen and oxygen atoms in total. The number of carbonyl (C=O) groups excluding carboxylic acids is 1. The molecular weight excluding hydrogens is 336 g/mol. The second kappa shape index (κ2) is 7.46. The van der Waals surface area contributed by atoms with Crippen LogP contribution in [0.2, 0.25) is 0 Å². The van der Waals surface area contributed by atoms with E-state index in [1.54, 1.807) is 12.1 Å². The number of hydrogen-bond donors (Lipinski definition) is 2. The van der Waals surface area contributed by atoms with Gasteiger partial charge in [-0.15, -0.1) is 13.2 Å². The van der Waals surface area contributed by atoms with Crippen molar-refractivity contribution in [2.24, 2.45) is 0 Å². The van der Waals surface area contributed by atoms with E-state index in [-0.39, 0.29) is 10.8 Å². The SMILES string of the molecule is C=CC(C=C)(NS(=O)(=O)c1ccc(NC(C)=O)cc1)c1ccccc1. The highest BCUT2D eigenvalue weighted by molar-refractivity contribution is 7.89. The smallest absolute Gasteiger partial charge is 0.241 e. The van der Waals surface area contributed by atoms with Crippen molar-refractivity contribution in [2.45, 2.75) is 17.4 Å². The Labute approximate surface area is 148 Å². The summed E-state index contributed by atoms with van der Waals surface area (Å²) in [5.74, 6) is -0.227. The van der Waals surface area contributed by atoms with Gasteiger partial charge in [-0.3, -0.25) is 4.79 Å². The average Bonchev–Trinajstić information content (AvgIpc) is 2.60. The van der Waals surface area contributed by atoms with Crippen molar-refractivity contribution in [1.82, 2.24) is 4.72 Å². The molecule has 0 radical (unpaired) electrons. The monoisotopic (exact) mass is 356 g/mol. The molecular formula is C19H20N2O3S. The first-order valence-corrected chi connectivity index (χ1v) is 9.05. The van der Waals surface area contributed by atoms with Crippen molar-refractivity contribution in [2.75, 3.05) is 5.32 Å². The molecule has 2 aromatic carbocycles. The number of benzene rings is 2.